The third-order valence-corrected chi connectivity index (χ3v) is 2.92. The van der Waals surface area contributed by atoms with E-state index in [-0.39, 0.29) is 0 Å². The molecule has 0 fully saturated rings. The van der Waals surface area contributed by atoms with Gasteiger partial charge in [0.1, 0.15) is 0 Å². The zero-order valence-corrected chi connectivity index (χ0v) is 10.2. The van der Waals surface area contributed by atoms with Crippen LogP contribution in [0.25, 0.3) is 10.8 Å². The highest BCUT2D eigenvalue weighted by atomic mass is 16.3. The predicted octanol–water partition coefficient (Wildman–Crippen LogP) is 2.87. The Morgan fingerprint density at radius 1 is 1.12 bits per heavy atom. The van der Waals surface area contributed by atoms with Gasteiger partial charge >= 0.3 is 0 Å². The second-order valence-electron chi connectivity index (χ2n) is 4.33. The number of fused-ring (bicyclic) bond motifs is 1. The van der Waals surface area contributed by atoms with E-state index in [4.69, 9.17) is 0 Å². The number of aliphatic hydroxyl groups is 1. The van der Waals surface area contributed by atoms with Gasteiger partial charge in [-0.25, -0.2) is 0 Å². The fourth-order valence-corrected chi connectivity index (χ4v) is 1.95. The quantitative estimate of drug-likeness (QED) is 0.773. The summed E-state index contributed by atoms with van der Waals surface area (Å²) in [5, 5.41) is 15.7. The van der Waals surface area contributed by atoms with Crippen LogP contribution in [-0.2, 0) is 0 Å². The van der Waals surface area contributed by atoms with Gasteiger partial charge in [-0.2, -0.15) is 0 Å². The van der Waals surface area contributed by atoms with Crippen molar-refractivity contribution in [3.05, 3.63) is 48.0 Å². The van der Waals surface area contributed by atoms with Crippen LogP contribution in [0.4, 0.5) is 0 Å². The number of hydrogen-bond acceptors (Lipinski definition) is 2. The van der Waals surface area contributed by atoms with Gasteiger partial charge in [-0.05, 0) is 35.4 Å². The zero-order chi connectivity index (χ0) is 12.1. The van der Waals surface area contributed by atoms with Crippen molar-refractivity contribution in [1.29, 1.82) is 0 Å². The van der Waals surface area contributed by atoms with Crippen molar-refractivity contribution in [2.75, 3.05) is 13.1 Å². The van der Waals surface area contributed by atoms with Crippen LogP contribution in [0, 0.1) is 0 Å². The van der Waals surface area contributed by atoms with Gasteiger partial charge in [-0.1, -0.05) is 43.3 Å². The fraction of sp³-hybridized carbons (Fsp3) is 0.333. The molecule has 0 aliphatic rings. The number of nitrogens with one attached hydrogen (secondary N) is 1. The minimum absolute atomic E-state index is 0.425. The Labute approximate surface area is 102 Å². The van der Waals surface area contributed by atoms with Crippen LogP contribution in [0.3, 0.4) is 0 Å². The molecule has 2 N–H and O–H groups in total. The molecule has 0 spiro atoms. The van der Waals surface area contributed by atoms with E-state index in [0.717, 1.165) is 18.5 Å². The summed E-state index contributed by atoms with van der Waals surface area (Å²) < 4.78 is 0. The molecule has 2 aromatic rings. The van der Waals surface area contributed by atoms with Crippen LogP contribution in [0.15, 0.2) is 42.5 Å². The highest BCUT2D eigenvalue weighted by molar-refractivity contribution is 5.83. The third kappa shape index (κ3) is 3.05. The molecule has 2 rings (SSSR count). The predicted molar refractivity (Wildman–Crippen MR) is 72.1 cm³/mol. The number of rotatable bonds is 5. The average Bonchev–Trinajstić information content (AvgIpc) is 2.38. The third-order valence-electron chi connectivity index (χ3n) is 2.92. The summed E-state index contributed by atoms with van der Waals surface area (Å²) in [6.07, 6.45) is 0.663. The minimum atomic E-state index is -0.425. The second kappa shape index (κ2) is 5.80. The first kappa shape index (κ1) is 12.1. The Morgan fingerprint density at radius 3 is 2.65 bits per heavy atom. The summed E-state index contributed by atoms with van der Waals surface area (Å²) in [7, 11) is 0. The maximum atomic E-state index is 10.0. The van der Waals surface area contributed by atoms with Crippen molar-refractivity contribution in [2.45, 2.75) is 19.4 Å². The van der Waals surface area contributed by atoms with Crippen LogP contribution >= 0.6 is 0 Å². The van der Waals surface area contributed by atoms with Crippen LogP contribution in [-0.4, -0.2) is 18.2 Å². The maximum Gasteiger partial charge on any atom is 0.0914 e. The lowest BCUT2D eigenvalue weighted by molar-refractivity contribution is 0.175. The Kier molecular flexibility index (Phi) is 4.13. The first-order valence-electron chi connectivity index (χ1n) is 6.18. The highest BCUT2D eigenvalue weighted by Gasteiger charge is 2.06. The molecule has 0 heterocycles. The summed E-state index contributed by atoms with van der Waals surface area (Å²) in [6, 6.07) is 14.3. The van der Waals surface area contributed by atoms with Crippen molar-refractivity contribution < 1.29 is 5.11 Å². The van der Waals surface area contributed by atoms with Crippen molar-refractivity contribution in [3.63, 3.8) is 0 Å². The van der Waals surface area contributed by atoms with Gasteiger partial charge in [0.2, 0.25) is 0 Å². The topological polar surface area (TPSA) is 32.3 Å². The lowest BCUT2D eigenvalue weighted by atomic mass is 10.0. The molecule has 0 amide bonds. The van der Waals surface area contributed by atoms with Crippen molar-refractivity contribution >= 4 is 10.8 Å². The summed E-state index contributed by atoms with van der Waals surface area (Å²) in [4.78, 5) is 0. The minimum Gasteiger partial charge on any atom is -0.387 e. The molecule has 17 heavy (non-hydrogen) atoms. The van der Waals surface area contributed by atoms with Crippen molar-refractivity contribution in [2.24, 2.45) is 0 Å². The van der Waals surface area contributed by atoms with Gasteiger partial charge in [-0.3, -0.25) is 0 Å². The summed E-state index contributed by atoms with van der Waals surface area (Å²) in [5.41, 5.74) is 0.979. The van der Waals surface area contributed by atoms with E-state index >= 15 is 0 Å². The first-order valence-corrected chi connectivity index (χ1v) is 6.18. The van der Waals surface area contributed by atoms with Gasteiger partial charge in [0.15, 0.2) is 0 Å². The molecule has 0 radical (unpaired) electrons. The Balaban J connectivity index is 2.12. The lowest BCUT2D eigenvalue weighted by Gasteiger charge is -2.12. The molecule has 2 nitrogen and oxygen atoms in total. The van der Waals surface area contributed by atoms with Gasteiger partial charge in [0.05, 0.1) is 6.10 Å². The molecule has 0 aliphatic heterocycles. The summed E-state index contributed by atoms with van der Waals surface area (Å²) in [6.45, 7) is 3.69. The number of aliphatic hydroxyl groups excluding tert-OH is 1. The standard InChI is InChI=1S/C15H19NO/c1-2-9-16-11-15(17)14-8-7-12-5-3-4-6-13(12)10-14/h3-8,10,15-17H,2,9,11H2,1H3/t15-/m1/s1. The van der Waals surface area contributed by atoms with E-state index in [9.17, 15) is 5.11 Å². The molecule has 0 unspecified atom stereocenters. The normalized spacial score (nSPS) is 12.8. The average molecular weight is 229 g/mol. The van der Waals surface area contributed by atoms with Crippen LogP contribution in [0.1, 0.15) is 25.0 Å². The smallest absolute Gasteiger partial charge is 0.0914 e. The Morgan fingerprint density at radius 2 is 1.88 bits per heavy atom. The maximum absolute atomic E-state index is 10.0. The highest BCUT2D eigenvalue weighted by Crippen LogP contribution is 2.19. The molecule has 0 bridgehead atoms. The molecule has 2 heteroatoms. The molecule has 2 aromatic carbocycles. The SMILES string of the molecule is CCCNC[C@@H](O)c1ccc2ccccc2c1. The Bertz CT molecular complexity index is 481. The number of hydrogen-bond donors (Lipinski definition) is 2. The van der Waals surface area contributed by atoms with E-state index in [1.54, 1.807) is 0 Å². The van der Waals surface area contributed by atoms with Gasteiger partial charge in [0, 0.05) is 6.54 Å². The molecule has 0 saturated heterocycles. The van der Waals surface area contributed by atoms with E-state index in [0.29, 0.717) is 6.54 Å². The largest absolute Gasteiger partial charge is 0.387 e. The molecule has 0 aromatic heterocycles. The van der Waals surface area contributed by atoms with Gasteiger partial charge in [-0.15, -0.1) is 0 Å². The molecule has 0 saturated carbocycles. The van der Waals surface area contributed by atoms with Gasteiger partial charge in [0.25, 0.3) is 0 Å². The molecule has 1 atom stereocenters. The van der Waals surface area contributed by atoms with Crippen LogP contribution < -0.4 is 5.32 Å². The van der Waals surface area contributed by atoms with Gasteiger partial charge < -0.3 is 10.4 Å². The van der Waals surface area contributed by atoms with E-state index < -0.39 is 6.10 Å². The lowest BCUT2D eigenvalue weighted by Crippen LogP contribution is -2.22. The monoisotopic (exact) mass is 229 g/mol. The number of benzene rings is 2. The fourth-order valence-electron chi connectivity index (χ4n) is 1.95. The summed E-state index contributed by atoms with van der Waals surface area (Å²) in [5.74, 6) is 0. The molecular weight excluding hydrogens is 210 g/mol. The van der Waals surface area contributed by atoms with Crippen molar-refractivity contribution in [1.82, 2.24) is 5.32 Å². The van der Waals surface area contributed by atoms with Crippen LogP contribution in [0.2, 0.25) is 0 Å². The molecular formula is C15H19NO. The first-order chi connectivity index (χ1) is 8.31. The Hall–Kier alpha value is -1.38. The second-order valence-corrected chi connectivity index (χ2v) is 4.33. The van der Waals surface area contributed by atoms with E-state index in [1.165, 1.54) is 10.8 Å². The molecule has 0 aliphatic carbocycles. The van der Waals surface area contributed by atoms with Crippen molar-refractivity contribution in [3.8, 4) is 0 Å². The molecule has 90 valence electrons. The van der Waals surface area contributed by atoms with E-state index in [2.05, 4.69) is 36.5 Å². The summed E-state index contributed by atoms with van der Waals surface area (Å²) >= 11 is 0. The van der Waals surface area contributed by atoms with Crippen LogP contribution in [0.5, 0.6) is 0 Å². The zero-order valence-electron chi connectivity index (χ0n) is 10.2. The van der Waals surface area contributed by atoms with E-state index in [1.807, 2.05) is 18.2 Å².